The minimum Gasteiger partial charge on any atom is -0.339 e. The van der Waals surface area contributed by atoms with Gasteiger partial charge in [-0.15, -0.1) is 0 Å². The van der Waals surface area contributed by atoms with Crippen LogP contribution in [0.5, 0.6) is 0 Å². The van der Waals surface area contributed by atoms with Gasteiger partial charge >= 0.3 is 0 Å². The Kier molecular flexibility index (Phi) is 4.32. The number of hydrogen-bond donors (Lipinski definition) is 1. The van der Waals surface area contributed by atoms with Crippen LogP contribution in [0.2, 0.25) is 0 Å². The first-order valence-electron chi connectivity index (χ1n) is 7.98. The number of nitrogens with zero attached hydrogens (tertiary/aromatic N) is 2. The fraction of sp³-hybridized carbons (Fsp3) is 0.471. The second-order valence-electron chi connectivity index (χ2n) is 6.10. The van der Waals surface area contributed by atoms with Crippen molar-refractivity contribution in [3.63, 3.8) is 0 Å². The molecule has 0 aromatic heterocycles. The van der Waals surface area contributed by atoms with Crippen LogP contribution in [0.4, 0.5) is 5.69 Å². The lowest BCUT2D eigenvalue weighted by Crippen LogP contribution is -2.50. The topological polar surface area (TPSA) is 69.7 Å². The Labute approximate surface area is 135 Å². The van der Waals surface area contributed by atoms with Crippen LogP contribution in [-0.2, 0) is 27.2 Å². The molecule has 23 heavy (non-hydrogen) atoms. The fourth-order valence-corrected chi connectivity index (χ4v) is 3.10. The molecule has 122 valence electrons. The van der Waals surface area contributed by atoms with Crippen molar-refractivity contribution in [3.8, 4) is 0 Å². The highest BCUT2D eigenvalue weighted by atomic mass is 16.2. The van der Waals surface area contributed by atoms with Crippen molar-refractivity contribution in [1.82, 2.24) is 9.80 Å². The SMILES string of the molecule is CC(=O)N1CCN(C(=O)Cc2ccc3c(c2)CCC(=O)N3)CC1. The zero-order valence-corrected chi connectivity index (χ0v) is 13.3. The molecule has 0 bridgehead atoms. The fourth-order valence-electron chi connectivity index (χ4n) is 3.10. The van der Waals surface area contributed by atoms with Gasteiger partial charge in [0.05, 0.1) is 6.42 Å². The van der Waals surface area contributed by atoms with Gasteiger partial charge in [-0.2, -0.15) is 0 Å². The second kappa shape index (κ2) is 6.40. The number of carbonyl (C=O) groups excluding carboxylic acids is 3. The predicted octanol–water partition coefficient (Wildman–Crippen LogP) is 0.804. The van der Waals surface area contributed by atoms with E-state index in [2.05, 4.69) is 5.32 Å². The Morgan fingerprint density at radius 2 is 1.78 bits per heavy atom. The van der Waals surface area contributed by atoms with Gasteiger partial charge in [-0.25, -0.2) is 0 Å². The molecule has 0 aliphatic carbocycles. The predicted molar refractivity (Wildman–Crippen MR) is 85.9 cm³/mol. The summed E-state index contributed by atoms with van der Waals surface area (Å²) < 4.78 is 0. The molecule has 0 atom stereocenters. The molecule has 2 heterocycles. The van der Waals surface area contributed by atoms with E-state index in [9.17, 15) is 14.4 Å². The van der Waals surface area contributed by atoms with Crippen molar-refractivity contribution < 1.29 is 14.4 Å². The summed E-state index contributed by atoms with van der Waals surface area (Å²) in [6, 6.07) is 5.79. The van der Waals surface area contributed by atoms with Crippen molar-refractivity contribution >= 4 is 23.4 Å². The maximum absolute atomic E-state index is 12.4. The molecule has 1 aromatic carbocycles. The number of rotatable bonds is 2. The third-order valence-electron chi connectivity index (χ3n) is 4.50. The zero-order chi connectivity index (χ0) is 16.4. The number of aryl methyl sites for hydroxylation is 1. The number of benzene rings is 1. The smallest absolute Gasteiger partial charge is 0.227 e. The number of carbonyl (C=O) groups is 3. The first kappa shape index (κ1) is 15.5. The molecule has 2 aliphatic rings. The van der Waals surface area contributed by atoms with Crippen LogP contribution in [0, 0.1) is 0 Å². The van der Waals surface area contributed by atoms with Gasteiger partial charge in [0.15, 0.2) is 0 Å². The molecule has 1 aromatic rings. The normalized spacial score (nSPS) is 17.5. The van der Waals surface area contributed by atoms with Gasteiger partial charge in [0, 0.05) is 45.2 Å². The summed E-state index contributed by atoms with van der Waals surface area (Å²) in [5.74, 6) is 0.200. The summed E-state index contributed by atoms with van der Waals surface area (Å²) in [5.41, 5.74) is 2.92. The number of nitrogens with one attached hydrogen (secondary N) is 1. The van der Waals surface area contributed by atoms with Gasteiger partial charge in [0.2, 0.25) is 17.7 Å². The Morgan fingerprint density at radius 3 is 2.48 bits per heavy atom. The van der Waals surface area contributed by atoms with E-state index < -0.39 is 0 Å². The Balaban J connectivity index is 1.60. The number of hydrogen-bond acceptors (Lipinski definition) is 3. The Morgan fingerprint density at radius 1 is 1.09 bits per heavy atom. The van der Waals surface area contributed by atoms with Crippen molar-refractivity contribution in [2.75, 3.05) is 31.5 Å². The third kappa shape index (κ3) is 3.52. The molecular formula is C17H21N3O3. The average Bonchev–Trinajstić information content (AvgIpc) is 2.55. The quantitative estimate of drug-likeness (QED) is 0.878. The molecule has 2 aliphatic heterocycles. The first-order valence-corrected chi connectivity index (χ1v) is 7.98. The first-order chi connectivity index (χ1) is 11.0. The van der Waals surface area contributed by atoms with Crippen molar-refractivity contribution in [3.05, 3.63) is 29.3 Å². The van der Waals surface area contributed by atoms with Crippen LogP contribution in [-0.4, -0.2) is 53.7 Å². The van der Waals surface area contributed by atoms with E-state index in [1.807, 2.05) is 23.1 Å². The minimum atomic E-state index is 0.0460. The molecule has 6 heteroatoms. The van der Waals surface area contributed by atoms with Gasteiger partial charge in [-0.3, -0.25) is 14.4 Å². The van der Waals surface area contributed by atoms with Crippen LogP contribution in [0.15, 0.2) is 18.2 Å². The van der Waals surface area contributed by atoms with E-state index >= 15 is 0 Å². The summed E-state index contributed by atoms with van der Waals surface area (Å²) in [4.78, 5) is 38.7. The average molecular weight is 315 g/mol. The van der Waals surface area contributed by atoms with Crippen LogP contribution < -0.4 is 5.32 Å². The molecular weight excluding hydrogens is 294 g/mol. The Hall–Kier alpha value is -2.37. The van der Waals surface area contributed by atoms with E-state index in [0.717, 1.165) is 23.2 Å². The number of anilines is 1. The summed E-state index contributed by atoms with van der Waals surface area (Å²) >= 11 is 0. The van der Waals surface area contributed by atoms with Crippen LogP contribution in [0.1, 0.15) is 24.5 Å². The lowest BCUT2D eigenvalue weighted by Gasteiger charge is -2.34. The van der Waals surface area contributed by atoms with E-state index in [1.165, 1.54) is 0 Å². The molecule has 0 radical (unpaired) electrons. The Bertz CT molecular complexity index is 648. The minimum absolute atomic E-state index is 0.0460. The molecule has 6 nitrogen and oxygen atoms in total. The third-order valence-corrected chi connectivity index (χ3v) is 4.50. The van der Waals surface area contributed by atoms with Crippen molar-refractivity contribution in [2.45, 2.75) is 26.2 Å². The molecule has 1 fully saturated rings. The molecule has 0 saturated carbocycles. The highest BCUT2D eigenvalue weighted by molar-refractivity contribution is 5.94. The van der Waals surface area contributed by atoms with Crippen LogP contribution >= 0.6 is 0 Å². The second-order valence-corrected chi connectivity index (χ2v) is 6.10. The van der Waals surface area contributed by atoms with Crippen molar-refractivity contribution in [2.24, 2.45) is 0 Å². The maximum atomic E-state index is 12.4. The summed E-state index contributed by atoms with van der Waals surface area (Å²) in [5, 5.41) is 2.85. The highest BCUT2D eigenvalue weighted by Crippen LogP contribution is 2.24. The summed E-state index contributed by atoms with van der Waals surface area (Å²) in [6.07, 6.45) is 1.58. The largest absolute Gasteiger partial charge is 0.339 e. The van der Waals surface area contributed by atoms with Crippen LogP contribution in [0.3, 0.4) is 0 Å². The molecule has 3 amide bonds. The summed E-state index contributed by atoms with van der Waals surface area (Å²) in [7, 11) is 0. The summed E-state index contributed by atoms with van der Waals surface area (Å²) in [6.45, 7) is 3.97. The maximum Gasteiger partial charge on any atom is 0.227 e. The number of amides is 3. The standard InChI is InChI=1S/C17H21N3O3/c1-12(21)19-6-8-20(9-7-19)17(23)11-13-2-4-15-14(10-13)3-5-16(22)18-15/h2,4,10H,3,5-9,11H2,1H3,(H,18,22). The highest BCUT2D eigenvalue weighted by Gasteiger charge is 2.23. The molecule has 3 rings (SSSR count). The number of piperazine rings is 1. The van der Waals surface area contributed by atoms with Gasteiger partial charge < -0.3 is 15.1 Å². The molecule has 1 saturated heterocycles. The van der Waals surface area contributed by atoms with E-state index in [4.69, 9.17) is 0 Å². The van der Waals surface area contributed by atoms with E-state index in [1.54, 1.807) is 11.8 Å². The lowest BCUT2D eigenvalue weighted by atomic mass is 9.99. The van der Waals surface area contributed by atoms with Gasteiger partial charge in [-0.05, 0) is 23.6 Å². The molecule has 0 unspecified atom stereocenters. The molecule has 0 spiro atoms. The van der Waals surface area contributed by atoms with Crippen molar-refractivity contribution in [1.29, 1.82) is 0 Å². The van der Waals surface area contributed by atoms with Crippen LogP contribution in [0.25, 0.3) is 0 Å². The lowest BCUT2D eigenvalue weighted by molar-refractivity contribution is -0.138. The monoisotopic (exact) mass is 315 g/mol. The number of fused-ring (bicyclic) bond motifs is 1. The van der Waals surface area contributed by atoms with Gasteiger partial charge in [0.25, 0.3) is 0 Å². The van der Waals surface area contributed by atoms with Gasteiger partial charge in [0.1, 0.15) is 0 Å². The zero-order valence-electron chi connectivity index (χ0n) is 13.3. The van der Waals surface area contributed by atoms with Gasteiger partial charge in [-0.1, -0.05) is 12.1 Å². The van der Waals surface area contributed by atoms with E-state index in [0.29, 0.717) is 39.0 Å². The van der Waals surface area contributed by atoms with E-state index in [-0.39, 0.29) is 17.7 Å². The molecule has 1 N–H and O–H groups in total.